The molecule has 0 saturated heterocycles. The summed E-state index contributed by atoms with van der Waals surface area (Å²) in [7, 11) is 0. The molecule has 1 aliphatic rings. The van der Waals surface area contributed by atoms with E-state index in [0.717, 1.165) is 25.7 Å². The lowest BCUT2D eigenvalue weighted by atomic mass is 9.71. The Morgan fingerprint density at radius 3 is 2.21 bits per heavy atom. The Balaban J connectivity index is 2.67. The first-order valence-corrected chi connectivity index (χ1v) is 5.41. The van der Waals surface area contributed by atoms with Crippen LogP contribution in [-0.2, 0) is 4.79 Å². The van der Waals surface area contributed by atoms with Crippen molar-refractivity contribution < 1.29 is 14.3 Å². The van der Waals surface area contributed by atoms with Crippen molar-refractivity contribution in [3.05, 3.63) is 0 Å². The summed E-state index contributed by atoms with van der Waals surface area (Å²) in [4.78, 5) is 10.6. The van der Waals surface area contributed by atoms with Crippen molar-refractivity contribution in [2.24, 2.45) is 17.8 Å². The third kappa shape index (κ3) is 2.46. The number of aliphatic carboxylic acids is 1. The van der Waals surface area contributed by atoms with Crippen LogP contribution < -0.4 is 0 Å². The van der Waals surface area contributed by atoms with Gasteiger partial charge >= 0.3 is 5.97 Å². The van der Waals surface area contributed by atoms with Crippen LogP contribution in [0.3, 0.4) is 0 Å². The predicted octanol–water partition coefficient (Wildman–Crippen LogP) is 2.87. The molecule has 82 valence electrons. The minimum Gasteiger partial charge on any atom is -0.479 e. The molecular weight excluding hydrogens is 183 g/mol. The molecule has 0 radical (unpaired) electrons. The molecule has 3 heteroatoms. The zero-order chi connectivity index (χ0) is 10.7. The Bertz CT molecular complexity index is 203. The van der Waals surface area contributed by atoms with Crippen LogP contribution in [0.25, 0.3) is 0 Å². The number of alkyl halides is 1. The van der Waals surface area contributed by atoms with Gasteiger partial charge in [-0.05, 0) is 24.7 Å². The highest BCUT2D eigenvalue weighted by Crippen LogP contribution is 2.38. The molecule has 0 aliphatic heterocycles. The number of rotatable bonds is 3. The Kier molecular flexibility index (Phi) is 3.90. The van der Waals surface area contributed by atoms with E-state index in [1.165, 1.54) is 0 Å². The number of hydrogen-bond acceptors (Lipinski definition) is 1. The summed E-state index contributed by atoms with van der Waals surface area (Å²) in [5.41, 5.74) is 0. The zero-order valence-electron chi connectivity index (χ0n) is 8.87. The quantitative estimate of drug-likeness (QED) is 0.764. The van der Waals surface area contributed by atoms with Crippen LogP contribution in [0.15, 0.2) is 0 Å². The van der Waals surface area contributed by atoms with Crippen LogP contribution >= 0.6 is 0 Å². The fourth-order valence-electron chi connectivity index (χ4n) is 2.56. The van der Waals surface area contributed by atoms with Crippen molar-refractivity contribution in [2.45, 2.75) is 45.7 Å². The van der Waals surface area contributed by atoms with Crippen molar-refractivity contribution in [3.8, 4) is 0 Å². The molecule has 1 rings (SSSR count). The highest BCUT2D eigenvalue weighted by atomic mass is 19.1. The summed E-state index contributed by atoms with van der Waals surface area (Å²) >= 11 is 0. The first-order valence-electron chi connectivity index (χ1n) is 5.41. The van der Waals surface area contributed by atoms with Gasteiger partial charge in [0, 0.05) is 5.92 Å². The molecule has 0 amide bonds. The van der Waals surface area contributed by atoms with E-state index in [1.807, 2.05) is 0 Å². The lowest BCUT2D eigenvalue weighted by molar-refractivity contribution is -0.146. The van der Waals surface area contributed by atoms with Gasteiger partial charge in [-0.3, -0.25) is 0 Å². The summed E-state index contributed by atoms with van der Waals surface area (Å²) in [5.74, 6) is -0.920. The van der Waals surface area contributed by atoms with Crippen molar-refractivity contribution in [1.29, 1.82) is 0 Å². The van der Waals surface area contributed by atoms with E-state index in [0.29, 0.717) is 5.92 Å². The Morgan fingerprint density at radius 1 is 1.29 bits per heavy atom. The molecule has 1 N–H and O–H groups in total. The minimum absolute atomic E-state index is 0.245. The van der Waals surface area contributed by atoms with Crippen LogP contribution in [0.4, 0.5) is 4.39 Å². The molecule has 3 unspecified atom stereocenters. The molecule has 3 atom stereocenters. The van der Waals surface area contributed by atoms with Gasteiger partial charge in [-0.2, -0.15) is 0 Å². The second kappa shape index (κ2) is 4.76. The van der Waals surface area contributed by atoms with Gasteiger partial charge in [0.25, 0.3) is 0 Å². The Morgan fingerprint density at radius 2 is 1.79 bits per heavy atom. The molecule has 0 aromatic rings. The monoisotopic (exact) mass is 202 g/mol. The van der Waals surface area contributed by atoms with Gasteiger partial charge in [-0.25, -0.2) is 9.18 Å². The molecule has 0 bridgehead atoms. The summed E-state index contributed by atoms with van der Waals surface area (Å²) in [6.07, 6.45) is 2.14. The Hall–Kier alpha value is -0.600. The second-order valence-electron chi connectivity index (χ2n) is 4.60. The van der Waals surface area contributed by atoms with Crippen molar-refractivity contribution in [3.63, 3.8) is 0 Å². The van der Waals surface area contributed by atoms with Crippen LogP contribution in [0.1, 0.15) is 39.5 Å². The maximum absolute atomic E-state index is 13.4. The molecular formula is C11H19FO2. The normalized spacial score (nSPS) is 30.3. The first kappa shape index (κ1) is 11.5. The topological polar surface area (TPSA) is 37.3 Å². The summed E-state index contributed by atoms with van der Waals surface area (Å²) in [6, 6.07) is 0. The highest BCUT2D eigenvalue weighted by molar-refractivity contribution is 5.72. The average Bonchev–Trinajstić information content (AvgIpc) is 2.16. The van der Waals surface area contributed by atoms with Gasteiger partial charge in [-0.15, -0.1) is 0 Å². The number of carbonyl (C=O) groups is 1. The fraction of sp³-hybridized carbons (Fsp3) is 0.909. The van der Waals surface area contributed by atoms with Gasteiger partial charge in [0.15, 0.2) is 6.17 Å². The van der Waals surface area contributed by atoms with Crippen LogP contribution in [0.2, 0.25) is 0 Å². The van der Waals surface area contributed by atoms with E-state index < -0.39 is 12.1 Å². The van der Waals surface area contributed by atoms with Crippen LogP contribution in [0.5, 0.6) is 0 Å². The van der Waals surface area contributed by atoms with E-state index in [9.17, 15) is 9.18 Å². The molecule has 14 heavy (non-hydrogen) atoms. The van der Waals surface area contributed by atoms with Gasteiger partial charge in [0.2, 0.25) is 0 Å². The van der Waals surface area contributed by atoms with Crippen molar-refractivity contribution >= 4 is 5.97 Å². The maximum atomic E-state index is 13.4. The van der Waals surface area contributed by atoms with Gasteiger partial charge < -0.3 is 5.11 Å². The summed E-state index contributed by atoms with van der Waals surface area (Å²) < 4.78 is 13.4. The average molecular weight is 202 g/mol. The Labute approximate surface area is 84.5 Å². The van der Waals surface area contributed by atoms with Crippen molar-refractivity contribution in [2.75, 3.05) is 0 Å². The van der Waals surface area contributed by atoms with Gasteiger partial charge in [0.05, 0.1) is 0 Å². The second-order valence-corrected chi connectivity index (χ2v) is 4.60. The lowest BCUT2D eigenvalue weighted by Crippen LogP contribution is -2.35. The minimum atomic E-state index is -1.66. The lowest BCUT2D eigenvalue weighted by Gasteiger charge is -2.34. The molecule has 1 fully saturated rings. The molecule has 0 aromatic carbocycles. The number of carboxylic acid groups (broad SMARTS) is 1. The largest absolute Gasteiger partial charge is 0.479 e. The van der Waals surface area contributed by atoms with Gasteiger partial charge in [-0.1, -0.05) is 26.7 Å². The molecule has 0 spiro atoms. The van der Waals surface area contributed by atoms with Crippen LogP contribution in [-0.4, -0.2) is 17.2 Å². The number of carboxylic acids is 1. The predicted molar refractivity (Wildman–Crippen MR) is 52.8 cm³/mol. The molecule has 1 aliphatic carbocycles. The third-order valence-corrected chi connectivity index (χ3v) is 3.34. The summed E-state index contributed by atoms with van der Waals surface area (Å²) in [6.45, 7) is 4.11. The smallest absolute Gasteiger partial charge is 0.338 e. The summed E-state index contributed by atoms with van der Waals surface area (Å²) in [5, 5.41) is 8.66. The molecule has 0 heterocycles. The first-order chi connectivity index (χ1) is 6.54. The molecule has 1 saturated carbocycles. The highest BCUT2D eigenvalue weighted by Gasteiger charge is 2.37. The van der Waals surface area contributed by atoms with E-state index in [4.69, 9.17) is 5.11 Å². The SMILES string of the molecule is CC(C)C1CCCCC1C(F)C(=O)O. The molecule has 2 nitrogen and oxygen atoms in total. The third-order valence-electron chi connectivity index (χ3n) is 3.34. The molecule has 0 aromatic heterocycles. The van der Waals surface area contributed by atoms with E-state index >= 15 is 0 Å². The number of halogens is 1. The van der Waals surface area contributed by atoms with Crippen LogP contribution in [0, 0.1) is 17.8 Å². The van der Waals surface area contributed by atoms with E-state index in [-0.39, 0.29) is 11.8 Å². The van der Waals surface area contributed by atoms with E-state index in [1.54, 1.807) is 0 Å². The fourth-order valence-corrected chi connectivity index (χ4v) is 2.56. The standard InChI is InChI=1S/C11H19FO2/c1-7(2)8-5-3-4-6-9(8)10(12)11(13)14/h7-10H,3-6H2,1-2H3,(H,13,14). The van der Waals surface area contributed by atoms with Crippen molar-refractivity contribution in [1.82, 2.24) is 0 Å². The zero-order valence-corrected chi connectivity index (χ0v) is 8.87. The van der Waals surface area contributed by atoms with E-state index in [2.05, 4.69) is 13.8 Å². The van der Waals surface area contributed by atoms with Gasteiger partial charge in [0.1, 0.15) is 0 Å². The maximum Gasteiger partial charge on any atom is 0.338 e. The number of hydrogen-bond donors (Lipinski definition) is 1.